The number of methoxy groups -OCH3 is 1. The Morgan fingerprint density at radius 2 is 2.07 bits per heavy atom. The molecule has 28 heavy (non-hydrogen) atoms. The number of hydrogen-bond donors (Lipinski definition) is 2. The molecule has 0 spiro atoms. The van der Waals surface area contributed by atoms with E-state index in [0.29, 0.717) is 36.8 Å². The fourth-order valence-electron chi connectivity index (χ4n) is 3.28. The van der Waals surface area contributed by atoms with E-state index in [9.17, 15) is 9.59 Å². The van der Waals surface area contributed by atoms with E-state index in [1.54, 1.807) is 12.0 Å². The van der Waals surface area contributed by atoms with Crippen molar-refractivity contribution in [2.45, 2.75) is 12.8 Å². The van der Waals surface area contributed by atoms with Gasteiger partial charge in [-0.3, -0.25) is 9.59 Å². The van der Waals surface area contributed by atoms with Crippen LogP contribution in [0.4, 0.5) is 0 Å². The van der Waals surface area contributed by atoms with Gasteiger partial charge >= 0.3 is 0 Å². The Morgan fingerprint density at radius 3 is 2.75 bits per heavy atom. The number of benzene rings is 1. The van der Waals surface area contributed by atoms with Gasteiger partial charge in [0.25, 0.3) is 5.91 Å². The number of carbonyl (C=O) groups excluding carboxylic acids is 2. The molecule has 1 fully saturated rings. The van der Waals surface area contributed by atoms with Crippen molar-refractivity contribution in [3.63, 3.8) is 0 Å². The first-order chi connectivity index (χ1) is 13.1. The maximum Gasteiger partial charge on any atom is 0.267 e. The molecule has 3 N–H and O–H groups in total. The summed E-state index contributed by atoms with van der Waals surface area (Å²) < 4.78 is 5.46. The minimum Gasteiger partial charge on any atom is -0.495 e. The van der Waals surface area contributed by atoms with Crippen molar-refractivity contribution in [3.05, 3.63) is 41.3 Å². The lowest BCUT2D eigenvalue weighted by Crippen LogP contribution is -2.46. The van der Waals surface area contributed by atoms with Crippen LogP contribution in [-0.4, -0.2) is 50.0 Å². The predicted octanol–water partition coefficient (Wildman–Crippen LogP) is 2.77. The fraction of sp³-hybridized carbons (Fsp3) is 0.400. The molecule has 0 aliphatic carbocycles. The number of nitrogens with zero attached hydrogens (tertiary/aromatic N) is 1. The van der Waals surface area contributed by atoms with Crippen LogP contribution in [0, 0.1) is 5.92 Å². The molecule has 1 atom stereocenters. The Balaban J connectivity index is 0.00000280. The quantitative estimate of drug-likeness (QED) is 0.748. The van der Waals surface area contributed by atoms with Crippen LogP contribution in [0.2, 0.25) is 0 Å². The molecule has 2 amide bonds. The van der Waals surface area contributed by atoms with E-state index in [4.69, 9.17) is 10.5 Å². The van der Waals surface area contributed by atoms with Gasteiger partial charge in [0.2, 0.25) is 5.91 Å². The summed E-state index contributed by atoms with van der Waals surface area (Å²) in [5.74, 6) is 0.295. The number of ether oxygens (including phenoxy) is 1. The number of likely N-dealkylation sites (tertiary alicyclic amines) is 1. The van der Waals surface area contributed by atoms with Gasteiger partial charge in [-0.05, 0) is 24.5 Å². The lowest BCUT2D eigenvalue weighted by atomic mass is 9.97. The van der Waals surface area contributed by atoms with Crippen molar-refractivity contribution < 1.29 is 14.3 Å². The fourth-order valence-corrected chi connectivity index (χ4v) is 4.38. The minimum atomic E-state index is -0.186. The van der Waals surface area contributed by atoms with Crippen LogP contribution in [0.25, 0.3) is 10.4 Å². The van der Waals surface area contributed by atoms with Gasteiger partial charge in [0.05, 0.1) is 13.0 Å². The molecule has 3 rings (SSSR count). The summed E-state index contributed by atoms with van der Waals surface area (Å²) >= 11 is 1.43. The van der Waals surface area contributed by atoms with Crippen molar-refractivity contribution in [1.82, 2.24) is 10.2 Å². The van der Waals surface area contributed by atoms with Gasteiger partial charge < -0.3 is 20.7 Å². The molecule has 2 aromatic rings. The molecule has 1 unspecified atom stereocenters. The number of nitrogens with one attached hydrogen (secondary N) is 1. The average Bonchev–Trinajstić information content (AvgIpc) is 3.16. The Kier molecular flexibility index (Phi) is 8.29. The van der Waals surface area contributed by atoms with Crippen molar-refractivity contribution in [2.24, 2.45) is 11.7 Å². The highest BCUT2D eigenvalue weighted by molar-refractivity contribution is 7.17. The molecule has 2 heterocycles. The maximum absolute atomic E-state index is 13.1. The highest BCUT2D eigenvalue weighted by atomic mass is 35.5. The zero-order valence-electron chi connectivity index (χ0n) is 15.8. The second kappa shape index (κ2) is 10.5. The highest BCUT2D eigenvalue weighted by Gasteiger charge is 2.31. The molecule has 1 aromatic heterocycles. The molecule has 6 nitrogen and oxygen atoms in total. The van der Waals surface area contributed by atoms with E-state index in [0.717, 1.165) is 23.3 Å². The van der Waals surface area contributed by atoms with Crippen LogP contribution in [0.3, 0.4) is 0 Å². The molecule has 152 valence electrons. The van der Waals surface area contributed by atoms with E-state index in [-0.39, 0.29) is 30.1 Å². The monoisotopic (exact) mass is 423 g/mol. The molecule has 8 heteroatoms. The predicted molar refractivity (Wildman–Crippen MR) is 114 cm³/mol. The summed E-state index contributed by atoms with van der Waals surface area (Å²) in [5.41, 5.74) is 6.50. The summed E-state index contributed by atoms with van der Waals surface area (Å²) in [6.45, 7) is 1.95. The summed E-state index contributed by atoms with van der Waals surface area (Å²) in [6.07, 6.45) is 1.60. The maximum atomic E-state index is 13.1. The zero-order chi connectivity index (χ0) is 19.2. The summed E-state index contributed by atoms with van der Waals surface area (Å²) in [5, 5.41) is 2.83. The SMILES string of the molecule is COc1cc(-c2ccccc2)sc1C(=O)N1CCCC(C(=O)NCCN)C1.Cl. The standard InChI is InChI=1S/C20H25N3O3S.ClH/c1-26-16-12-17(14-6-3-2-4-7-14)27-18(16)20(25)23-11-5-8-15(13-23)19(24)22-10-9-21;/h2-4,6-7,12,15H,5,8-11,13,21H2,1H3,(H,22,24);1H. The molecule has 1 aliphatic rings. The number of hydrogen-bond acceptors (Lipinski definition) is 5. The molecule has 1 aliphatic heterocycles. The minimum absolute atomic E-state index is 0. The van der Waals surface area contributed by atoms with E-state index in [2.05, 4.69) is 5.32 Å². The van der Waals surface area contributed by atoms with Crippen molar-refractivity contribution >= 4 is 35.6 Å². The lowest BCUT2D eigenvalue weighted by Gasteiger charge is -2.31. The zero-order valence-corrected chi connectivity index (χ0v) is 17.5. The van der Waals surface area contributed by atoms with Gasteiger partial charge in [0, 0.05) is 31.1 Å². The van der Waals surface area contributed by atoms with E-state index < -0.39 is 0 Å². The first-order valence-corrected chi connectivity index (χ1v) is 9.96. The Labute approximate surface area is 175 Å². The van der Waals surface area contributed by atoms with E-state index in [1.807, 2.05) is 36.4 Å². The van der Waals surface area contributed by atoms with Crippen molar-refractivity contribution in [2.75, 3.05) is 33.3 Å². The van der Waals surface area contributed by atoms with Crippen LogP contribution in [0.15, 0.2) is 36.4 Å². The van der Waals surface area contributed by atoms with Crippen molar-refractivity contribution in [3.8, 4) is 16.2 Å². The molecular weight excluding hydrogens is 398 g/mol. The first-order valence-electron chi connectivity index (χ1n) is 9.14. The second-order valence-corrected chi connectivity index (χ2v) is 7.60. The van der Waals surface area contributed by atoms with Crippen LogP contribution < -0.4 is 15.8 Å². The second-order valence-electron chi connectivity index (χ2n) is 6.54. The Morgan fingerprint density at radius 1 is 1.32 bits per heavy atom. The van der Waals surface area contributed by atoms with Gasteiger partial charge in [-0.2, -0.15) is 0 Å². The number of halogens is 1. The van der Waals surface area contributed by atoms with E-state index in [1.165, 1.54) is 11.3 Å². The van der Waals surface area contributed by atoms with Gasteiger partial charge in [-0.15, -0.1) is 23.7 Å². The van der Waals surface area contributed by atoms with Gasteiger partial charge in [0.15, 0.2) is 0 Å². The van der Waals surface area contributed by atoms with Crippen molar-refractivity contribution in [1.29, 1.82) is 0 Å². The third-order valence-corrected chi connectivity index (χ3v) is 5.85. The first kappa shape index (κ1) is 22.2. The average molecular weight is 424 g/mol. The number of piperidine rings is 1. The third kappa shape index (κ3) is 5.04. The lowest BCUT2D eigenvalue weighted by molar-refractivity contribution is -0.126. The molecule has 1 saturated heterocycles. The summed E-state index contributed by atoms with van der Waals surface area (Å²) in [6, 6.07) is 11.8. The normalized spacial score (nSPS) is 16.2. The summed E-state index contributed by atoms with van der Waals surface area (Å²) in [7, 11) is 1.58. The number of thiophene rings is 1. The molecule has 1 aromatic carbocycles. The Hall–Kier alpha value is -2.09. The topological polar surface area (TPSA) is 84.7 Å². The Bertz CT molecular complexity index is 797. The molecule has 0 bridgehead atoms. The van der Waals surface area contributed by atoms with E-state index >= 15 is 0 Å². The number of nitrogens with two attached hydrogens (primary N) is 1. The van der Waals surface area contributed by atoms with Crippen LogP contribution in [-0.2, 0) is 4.79 Å². The number of amides is 2. The van der Waals surface area contributed by atoms with Gasteiger partial charge in [0.1, 0.15) is 10.6 Å². The van der Waals surface area contributed by atoms with Crippen LogP contribution in [0.1, 0.15) is 22.5 Å². The largest absolute Gasteiger partial charge is 0.495 e. The van der Waals surface area contributed by atoms with Gasteiger partial charge in [-0.1, -0.05) is 30.3 Å². The number of rotatable bonds is 6. The third-order valence-electron chi connectivity index (χ3n) is 4.69. The number of carbonyl (C=O) groups is 2. The van der Waals surface area contributed by atoms with Crippen LogP contribution in [0.5, 0.6) is 5.75 Å². The van der Waals surface area contributed by atoms with Gasteiger partial charge in [-0.25, -0.2) is 0 Å². The highest BCUT2D eigenvalue weighted by Crippen LogP contribution is 2.37. The van der Waals surface area contributed by atoms with Crippen LogP contribution >= 0.6 is 23.7 Å². The molecule has 0 radical (unpaired) electrons. The summed E-state index contributed by atoms with van der Waals surface area (Å²) in [4.78, 5) is 28.7. The molecular formula is C20H26ClN3O3S. The smallest absolute Gasteiger partial charge is 0.267 e. The molecule has 0 saturated carbocycles.